The predicted molar refractivity (Wildman–Crippen MR) is 108 cm³/mol. The van der Waals surface area contributed by atoms with E-state index < -0.39 is 0 Å². The SMILES string of the molecule is CCNC(=O)CCc1c(C)nn(-c2ccc(OC)cc2)c1Oc1ccccc1. The minimum absolute atomic E-state index is 0.0183. The number of methoxy groups -OCH3 is 1. The number of rotatable bonds is 8. The molecule has 0 radical (unpaired) electrons. The Balaban J connectivity index is 1.97. The molecule has 3 aromatic rings. The molecule has 6 nitrogen and oxygen atoms in total. The van der Waals surface area contributed by atoms with Gasteiger partial charge < -0.3 is 14.8 Å². The minimum atomic E-state index is 0.0183. The zero-order valence-corrected chi connectivity index (χ0v) is 16.4. The largest absolute Gasteiger partial charge is 0.497 e. The van der Waals surface area contributed by atoms with Gasteiger partial charge in [0.1, 0.15) is 11.5 Å². The van der Waals surface area contributed by atoms with Gasteiger partial charge in [-0.2, -0.15) is 5.10 Å². The highest BCUT2D eigenvalue weighted by molar-refractivity contribution is 5.76. The number of amides is 1. The molecule has 0 fully saturated rings. The monoisotopic (exact) mass is 379 g/mol. The molecule has 0 saturated carbocycles. The first-order valence-corrected chi connectivity index (χ1v) is 9.35. The molecule has 0 atom stereocenters. The Morgan fingerprint density at radius 1 is 1.07 bits per heavy atom. The van der Waals surface area contributed by atoms with Crippen molar-refractivity contribution in [1.29, 1.82) is 0 Å². The third-order valence-corrected chi connectivity index (χ3v) is 4.39. The predicted octanol–water partition coefficient (Wildman–Crippen LogP) is 4.05. The first kappa shape index (κ1) is 19.5. The summed E-state index contributed by atoms with van der Waals surface area (Å²) in [5.74, 6) is 2.13. The molecule has 1 amide bonds. The number of hydrogen-bond acceptors (Lipinski definition) is 4. The standard InChI is InChI=1S/C22H25N3O3/c1-4-23-21(26)15-14-20-16(2)24-25(17-10-12-18(27-3)13-11-17)22(20)28-19-8-6-5-7-9-19/h5-13H,4,14-15H2,1-3H3,(H,23,26). The van der Waals surface area contributed by atoms with Crippen LogP contribution in [0.15, 0.2) is 54.6 Å². The smallest absolute Gasteiger partial charge is 0.226 e. The van der Waals surface area contributed by atoms with Crippen molar-refractivity contribution >= 4 is 5.91 Å². The molecule has 28 heavy (non-hydrogen) atoms. The maximum Gasteiger partial charge on any atom is 0.226 e. The van der Waals surface area contributed by atoms with E-state index in [1.165, 1.54) is 0 Å². The maximum atomic E-state index is 12.0. The molecule has 3 rings (SSSR count). The van der Waals surface area contributed by atoms with E-state index in [2.05, 4.69) is 10.4 Å². The van der Waals surface area contributed by atoms with Crippen molar-refractivity contribution in [2.75, 3.05) is 13.7 Å². The molecule has 0 aliphatic carbocycles. The van der Waals surface area contributed by atoms with E-state index in [4.69, 9.17) is 9.47 Å². The Bertz CT molecular complexity index is 918. The Labute approximate surface area is 165 Å². The summed E-state index contributed by atoms with van der Waals surface area (Å²) in [5.41, 5.74) is 2.62. The van der Waals surface area contributed by atoms with Gasteiger partial charge in [0.2, 0.25) is 11.8 Å². The molecular weight excluding hydrogens is 354 g/mol. The Hall–Kier alpha value is -3.28. The van der Waals surface area contributed by atoms with Gasteiger partial charge in [-0.1, -0.05) is 18.2 Å². The fourth-order valence-electron chi connectivity index (χ4n) is 2.95. The van der Waals surface area contributed by atoms with E-state index in [9.17, 15) is 4.79 Å². The van der Waals surface area contributed by atoms with Crippen molar-refractivity contribution in [2.45, 2.75) is 26.7 Å². The van der Waals surface area contributed by atoms with Crippen LogP contribution in [0.2, 0.25) is 0 Å². The molecule has 0 spiro atoms. The molecule has 0 saturated heterocycles. The third-order valence-electron chi connectivity index (χ3n) is 4.39. The second-order valence-electron chi connectivity index (χ2n) is 6.35. The van der Waals surface area contributed by atoms with Gasteiger partial charge in [-0.15, -0.1) is 0 Å². The number of nitrogens with zero attached hydrogens (tertiary/aromatic N) is 2. The van der Waals surface area contributed by atoms with Crippen LogP contribution in [-0.2, 0) is 11.2 Å². The normalized spacial score (nSPS) is 10.5. The number of benzene rings is 2. The number of nitrogens with one attached hydrogen (secondary N) is 1. The molecular formula is C22H25N3O3. The zero-order valence-electron chi connectivity index (χ0n) is 16.4. The van der Waals surface area contributed by atoms with Gasteiger partial charge in [-0.25, -0.2) is 4.68 Å². The second-order valence-corrected chi connectivity index (χ2v) is 6.35. The van der Waals surface area contributed by atoms with Gasteiger partial charge in [-0.3, -0.25) is 4.79 Å². The van der Waals surface area contributed by atoms with E-state index >= 15 is 0 Å². The van der Waals surface area contributed by atoms with Crippen LogP contribution < -0.4 is 14.8 Å². The molecule has 2 aromatic carbocycles. The summed E-state index contributed by atoms with van der Waals surface area (Å²) in [4.78, 5) is 12.0. The lowest BCUT2D eigenvalue weighted by molar-refractivity contribution is -0.120. The number of ether oxygens (including phenoxy) is 2. The van der Waals surface area contributed by atoms with Crippen molar-refractivity contribution in [3.63, 3.8) is 0 Å². The average molecular weight is 379 g/mol. The van der Waals surface area contributed by atoms with E-state index in [-0.39, 0.29) is 5.91 Å². The van der Waals surface area contributed by atoms with Gasteiger partial charge in [0.05, 0.1) is 18.5 Å². The van der Waals surface area contributed by atoms with E-state index in [1.807, 2.05) is 68.4 Å². The summed E-state index contributed by atoms with van der Waals surface area (Å²) in [7, 11) is 1.64. The number of aryl methyl sites for hydroxylation is 1. The van der Waals surface area contributed by atoms with Gasteiger partial charge >= 0.3 is 0 Å². The molecule has 1 N–H and O–H groups in total. The average Bonchev–Trinajstić information content (AvgIpc) is 3.02. The summed E-state index contributed by atoms with van der Waals surface area (Å²) >= 11 is 0. The Kier molecular flexibility index (Phi) is 6.32. The van der Waals surface area contributed by atoms with Crippen LogP contribution in [0.5, 0.6) is 17.4 Å². The van der Waals surface area contributed by atoms with Crippen LogP contribution in [0.1, 0.15) is 24.6 Å². The van der Waals surface area contributed by atoms with Crippen molar-refractivity contribution in [3.05, 3.63) is 65.9 Å². The lowest BCUT2D eigenvalue weighted by Crippen LogP contribution is -2.22. The highest BCUT2D eigenvalue weighted by Gasteiger charge is 2.19. The van der Waals surface area contributed by atoms with Gasteiger partial charge in [-0.05, 0) is 56.7 Å². The van der Waals surface area contributed by atoms with E-state index in [0.717, 1.165) is 28.4 Å². The lowest BCUT2D eigenvalue weighted by Gasteiger charge is -2.12. The molecule has 1 aromatic heterocycles. The number of para-hydroxylation sites is 1. The second kappa shape index (κ2) is 9.08. The lowest BCUT2D eigenvalue weighted by atomic mass is 10.1. The summed E-state index contributed by atoms with van der Waals surface area (Å²) in [6, 6.07) is 17.2. The molecule has 0 bridgehead atoms. The highest BCUT2D eigenvalue weighted by Crippen LogP contribution is 2.31. The van der Waals surface area contributed by atoms with Crippen LogP contribution in [-0.4, -0.2) is 29.3 Å². The van der Waals surface area contributed by atoms with E-state index in [1.54, 1.807) is 11.8 Å². The zero-order chi connectivity index (χ0) is 19.9. The molecule has 0 aliphatic rings. The van der Waals surface area contributed by atoms with Crippen molar-refractivity contribution in [2.24, 2.45) is 0 Å². The number of aromatic nitrogens is 2. The number of hydrogen-bond donors (Lipinski definition) is 1. The highest BCUT2D eigenvalue weighted by atomic mass is 16.5. The minimum Gasteiger partial charge on any atom is -0.497 e. The van der Waals surface area contributed by atoms with Crippen molar-refractivity contribution < 1.29 is 14.3 Å². The van der Waals surface area contributed by atoms with Gasteiger partial charge in [0.25, 0.3) is 0 Å². The van der Waals surface area contributed by atoms with Crippen LogP contribution >= 0.6 is 0 Å². The van der Waals surface area contributed by atoms with Crippen LogP contribution in [0.3, 0.4) is 0 Å². The van der Waals surface area contributed by atoms with Gasteiger partial charge in [0, 0.05) is 18.5 Å². The first-order valence-electron chi connectivity index (χ1n) is 9.35. The molecule has 146 valence electrons. The van der Waals surface area contributed by atoms with Crippen molar-refractivity contribution in [1.82, 2.24) is 15.1 Å². The number of carbonyl (C=O) groups excluding carboxylic acids is 1. The van der Waals surface area contributed by atoms with Gasteiger partial charge in [0.15, 0.2) is 0 Å². The molecule has 0 aliphatic heterocycles. The summed E-state index contributed by atoms with van der Waals surface area (Å²) in [6.07, 6.45) is 0.935. The topological polar surface area (TPSA) is 65.4 Å². The number of carbonyl (C=O) groups is 1. The fraction of sp³-hybridized carbons (Fsp3) is 0.273. The fourth-order valence-corrected chi connectivity index (χ4v) is 2.95. The molecule has 1 heterocycles. The van der Waals surface area contributed by atoms with Crippen LogP contribution in [0.25, 0.3) is 5.69 Å². The Morgan fingerprint density at radius 3 is 2.43 bits per heavy atom. The molecule has 0 unspecified atom stereocenters. The van der Waals surface area contributed by atoms with E-state index in [0.29, 0.717) is 25.3 Å². The van der Waals surface area contributed by atoms with Crippen LogP contribution in [0, 0.1) is 6.92 Å². The first-order chi connectivity index (χ1) is 13.6. The quantitative estimate of drug-likeness (QED) is 0.641. The Morgan fingerprint density at radius 2 is 1.79 bits per heavy atom. The summed E-state index contributed by atoms with van der Waals surface area (Å²) in [6.45, 7) is 4.47. The molecule has 6 heteroatoms. The van der Waals surface area contributed by atoms with Crippen molar-refractivity contribution in [3.8, 4) is 23.1 Å². The van der Waals surface area contributed by atoms with Crippen LogP contribution in [0.4, 0.5) is 0 Å². The third kappa shape index (κ3) is 4.52. The summed E-state index contributed by atoms with van der Waals surface area (Å²) < 4.78 is 13.2. The summed E-state index contributed by atoms with van der Waals surface area (Å²) in [5, 5.41) is 7.51. The maximum absolute atomic E-state index is 12.0.